The number of esters is 1. The van der Waals surface area contributed by atoms with Crippen molar-refractivity contribution < 1.29 is 28.6 Å². The van der Waals surface area contributed by atoms with Crippen LogP contribution in [-0.4, -0.2) is 30.6 Å². The number of ether oxygens (including phenoxy) is 3. The van der Waals surface area contributed by atoms with E-state index in [0.29, 0.717) is 22.7 Å². The van der Waals surface area contributed by atoms with E-state index in [0.717, 1.165) is 0 Å². The fourth-order valence-corrected chi connectivity index (χ4v) is 3.10. The molecular formula is C24H19NO6. The third-order valence-electron chi connectivity index (χ3n) is 4.72. The Morgan fingerprint density at radius 1 is 0.871 bits per heavy atom. The molecule has 0 saturated heterocycles. The van der Waals surface area contributed by atoms with Crippen molar-refractivity contribution in [3.05, 3.63) is 89.5 Å². The molecule has 4 rings (SSSR count). The predicted molar refractivity (Wildman–Crippen MR) is 112 cm³/mol. The van der Waals surface area contributed by atoms with Gasteiger partial charge in [-0.3, -0.25) is 9.59 Å². The minimum atomic E-state index is -1.09. The van der Waals surface area contributed by atoms with Crippen LogP contribution in [0.5, 0.6) is 11.5 Å². The number of nitrogens with one attached hydrogen (secondary N) is 1. The van der Waals surface area contributed by atoms with Crippen molar-refractivity contribution in [2.24, 2.45) is 0 Å². The van der Waals surface area contributed by atoms with Crippen LogP contribution >= 0.6 is 0 Å². The molecule has 1 aliphatic rings. The highest BCUT2D eigenvalue weighted by atomic mass is 16.7. The fourth-order valence-electron chi connectivity index (χ4n) is 3.10. The van der Waals surface area contributed by atoms with Gasteiger partial charge in [-0.05, 0) is 25.1 Å². The van der Waals surface area contributed by atoms with Crippen LogP contribution in [0.3, 0.4) is 0 Å². The smallest absolute Gasteiger partial charge is 0.339 e. The summed E-state index contributed by atoms with van der Waals surface area (Å²) in [4.78, 5) is 38.0. The Kier molecular flexibility index (Phi) is 5.66. The number of hydrogen-bond acceptors (Lipinski definition) is 6. The summed E-state index contributed by atoms with van der Waals surface area (Å²) in [5.74, 6) is -0.453. The molecule has 7 heteroatoms. The van der Waals surface area contributed by atoms with Crippen LogP contribution in [0.15, 0.2) is 72.8 Å². The Balaban J connectivity index is 1.45. The maximum Gasteiger partial charge on any atom is 0.339 e. The first kappa shape index (κ1) is 20.2. The molecule has 3 aromatic rings. The number of carbonyl (C=O) groups excluding carboxylic acids is 3. The number of fused-ring (bicyclic) bond motifs is 1. The van der Waals surface area contributed by atoms with Gasteiger partial charge in [-0.1, -0.05) is 48.5 Å². The molecule has 0 aliphatic carbocycles. The van der Waals surface area contributed by atoms with E-state index in [1.807, 2.05) is 0 Å². The van der Waals surface area contributed by atoms with Crippen LogP contribution in [0.1, 0.15) is 33.2 Å². The molecule has 0 fully saturated rings. The van der Waals surface area contributed by atoms with Crippen LogP contribution < -0.4 is 14.8 Å². The number of amides is 1. The summed E-state index contributed by atoms with van der Waals surface area (Å²) in [6.07, 6.45) is -1.09. The summed E-state index contributed by atoms with van der Waals surface area (Å²) in [6.45, 7) is 1.59. The van der Waals surface area contributed by atoms with Gasteiger partial charge in [0.05, 0.1) is 5.56 Å². The van der Waals surface area contributed by atoms with Crippen LogP contribution in [0.25, 0.3) is 0 Å². The summed E-state index contributed by atoms with van der Waals surface area (Å²) in [5, 5.41) is 2.67. The number of ketones is 1. The van der Waals surface area contributed by atoms with Gasteiger partial charge in [0.15, 0.2) is 23.4 Å². The van der Waals surface area contributed by atoms with Crippen molar-refractivity contribution in [3.63, 3.8) is 0 Å². The highest BCUT2D eigenvalue weighted by molar-refractivity contribution is 6.14. The average molecular weight is 417 g/mol. The SMILES string of the molecule is C[C@@H](OC(=O)c1ccccc1C(=O)c1ccccc1)C(=O)Nc1ccc2c(c1)OCO2. The lowest BCUT2D eigenvalue weighted by atomic mass is 9.98. The molecule has 3 aromatic carbocycles. The molecular weight excluding hydrogens is 398 g/mol. The lowest BCUT2D eigenvalue weighted by molar-refractivity contribution is -0.123. The van der Waals surface area contributed by atoms with Gasteiger partial charge in [0.2, 0.25) is 6.79 Å². The third-order valence-corrected chi connectivity index (χ3v) is 4.72. The van der Waals surface area contributed by atoms with Gasteiger partial charge in [-0.2, -0.15) is 0 Å². The zero-order valence-electron chi connectivity index (χ0n) is 16.7. The monoisotopic (exact) mass is 417 g/mol. The van der Waals surface area contributed by atoms with E-state index >= 15 is 0 Å². The molecule has 0 bridgehead atoms. The quantitative estimate of drug-likeness (QED) is 0.484. The Morgan fingerprint density at radius 2 is 1.55 bits per heavy atom. The van der Waals surface area contributed by atoms with Crippen molar-refractivity contribution in [1.29, 1.82) is 0 Å². The first-order valence-corrected chi connectivity index (χ1v) is 9.63. The summed E-state index contributed by atoms with van der Waals surface area (Å²) >= 11 is 0. The number of carbonyl (C=O) groups is 3. The highest BCUT2D eigenvalue weighted by Gasteiger charge is 2.24. The molecule has 1 N–H and O–H groups in total. The molecule has 0 aromatic heterocycles. The van der Waals surface area contributed by atoms with E-state index in [-0.39, 0.29) is 23.7 Å². The Bertz CT molecular complexity index is 1140. The second kappa shape index (κ2) is 8.71. The summed E-state index contributed by atoms with van der Waals surface area (Å²) < 4.78 is 15.9. The van der Waals surface area contributed by atoms with Crippen LogP contribution in [-0.2, 0) is 9.53 Å². The van der Waals surface area contributed by atoms with Gasteiger partial charge in [-0.25, -0.2) is 4.79 Å². The first-order valence-electron chi connectivity index (χ1n) is 9.63. The average Bonchev–Trinajstić information content (AvgIpc) is 3.27. The highest BCUT2D eigenvalue weighted by Crippen LogP contribution is 2.34. The molecule has 7 nitrogen and oxygen atoms in total. The molecule has 1 aliphatic heterocycles. The van der Waals surface area contributed by atoms with Gasteiger partial charge in [0.1, 0.15) is 0 Å². The van der Waals surface area contributed by atoms with Crippen molar-refractivity contribution in [3.8, 4) is 11.5 Å². The van der Waals surface area contributed by atoms with Crippen LogP contribution in [0.4, 0.5) is 5.69 Å². The second-order valence-corrected chi connectivity index (χ2v) is 6.85. The van der Waals surface area contributed by atoms with E-state index in [4.69, 9.17) is 14.2 Å². The lowest BCUT2D eigenvalue weighted by Crippen LogP contribution is -2.30. The lowest BCUT2D eigenvalue weighted by Gasteiger charge is -2.15. The van der Waals surface area contributed by atoms with Gasteiger partial charge in [0.25, 0.3) is 5.91 Å². The minimum absolute atomic E-state index is 0.0964. The maximum atomic E-state index is 12.8. The summed E-state index contributed by atoms with van der Waals surface area (Å²) in [5.41, 5.74) is 1.24. The van der Waals surface area contributed by atoms with Gasteiger partial charge >= 0.3 is 5.97 Å². The van der Waals surface area contributed by atoms with E-state index in [1.165, 1.54) is 13.0 Å². The minimum Gasteiger partial charge on any atom is -0.454 e. The topological polar surface area (TPSA) is 90.9 Å². The van der Waals surface area contributed by atoms with E-state index in [1.54, 1.807) is 66.7 Å². The largest absolute Gasteiger partial charge is 0.454 e. The van der Waals surface area contributed by atoms with E-state index in [9.17, 15) is 14.4 Å². The molecule has 0 radical (unpaired) electrons. The van der Waals surface area contributed by atoms with E-state index in [2.05, 4.69) is 5.32 Å². The molecule has 1 heterocycles. The summed E-state index contributed by atoms with van der Waals surface area (Å²) in [6, 6.07) is 20.0. The Hall–Kier alpha value is -4.13. The number of rotatable bonds is 6. The van der Waals surface area contributed by atoms with Gasteiger partial charge < -0.3 is 19.5 Å². The molecule has 156 valence electrons. The molecule has 0 unspecified atom stereocenters. The second-order valence-electron chi connectivity index (χ2n) is 6.85. The predicted octanol–water partition coefficient (Wildman–Crippen LogP) is 3.83. The van der Waals surface area contributed by atoms with Crippen molar-refractivity contribution in [2.75, 3.05) is 12.1 Å². The van der Waals surface area contributed by atoms with Gasteiger partial charge in [-0.15, -0.1) is 0 Å². The van der Waals surface area contributed by atoms with Crippen LogP contribution in [0, 0.1) is 0 Å². The summed E-state index contributed by atoms with van der Waals surface area (Å²) in [7, 11) is 0. The molecule has 31 heavy (non-hydrogen) atoms. The van der Waals surface area contributed by atoms with E-state index < -0.39 is 18.0 Å². The zero-order chi connectivity index (χ0) is 21.8. The van der Waals surface area contributed by atoms with Crippen molar-refractivity contribution in [2.45, 2.75) is 13.0 Å². The molecule has 0 saturated carbocycles. The third kappa shape index (κ3) is 4.40. The zero-order valence-corrected chi connectivity index (χ0v) is 16.7. The molecule has 1 atom stereocenters. The van der Waals surface area contributed by atoms with Crippen molar-refractivity contribution in [1.82, 2.24) is 0 Å². The molecule has 1 amide bonds. The number of anilines is 1. The standard InChI is InChI=1S/C24H19NO6/c1-15(23(27)25-17-11-12-20-21(13-17)30-14-29-20)31-24(28)19-10-6-5-9-18(19)22(26)16-7-3-2-4-8-16/h2-13,15H,14H2,1H3,(H,25,27)/t15-/m1/s1. The number of hydrogen-bond donors (Lipinski definition) is 1. The number of benzene rings is 3. The van der Waals surface area contributed by atoms with Gasteiger partial charge in [0, 0.05) is 22.9 Å². The Morgan fingerprint density at radius 3 is 2.32 bits per heavy atom. The maximum absolute atomic E-state index is 12.8. The molecule has 0 spiro atoms. The van der Waals surface area contributed by atoms with Crippen LogP contribution in [0.2, 0.25) is 0 Å². The normalized spacial score (nSPS) is 12.7. The Labute approximate surface area is 178 Å². The first-order chi connectivity index (χ1) is 15.0. The van der Waals surface area contributed by atoms with Crippen molar-refractivity contribution >= 4 is 23.3 Å². The fraction of sp³-hybridized carbons (Fsp3) is 0.125.